The van der Waals surface area contributed by atoms with Gasteiger partial charge < -0.3 is 14.5 Å². The van der Waals surface area contributed by atoms with Crippen LogP contribution >= 0.6 is 0 Å². The summed E-state index contributed by atoms with van der Waals surface area (Å²) in [6, 6.07) is 3.60. The number of hydrogen-bond donors (Lipinski definition) is 0. The van der Waals surface area contributed by atoms with Gasteiger partial charge in [0.1, 0.15) is 5.69 Å². The van der Waals surface area contributed by atoms with Crippen LogP contribution in [-0.4, -0.2) is 69.9 Å². The third kappa shape index (κ3) is 3.41. The van der Waals surface area contributed by atoms with Gasteiger partial charge in [-0.1, -0.05) is 0 Å². The zero-order valence-corrected chi connectivity index (χ0v) is 15.0. The maximum atomic E-state index is 12.8. The van der Waals surface area contributed by atoms with E-state index < -0.39 is 0 Å². The minimum atomic E-state index is -0.0988. The predicted octanol–water partition coefficient (Wildman–Crippen LogP) is 0.969. The van der Waals surface area contributed by atoms with Crippen LogP contribution in [0.4, 0.5) is 5.95 Å². The SMILES string of the molecule is Cn1ccc(C(=O)N2CCCC3(COCCN(c4ncccn4)C3)C2)n1. The molecular formula is C18H24N6O2. The smallest absolute Gasteiger partial charge is 0.274 e. The molecule has 0 N–H and O–H groups in total. The normalized spacial score (nSPS) is 23.9. The first-order valence-corrected chi connectivity index (χ1v) is 9.04. The van der Waals surface area contributed by atoms with E-state index in [1.165, 1.54) is 0 Å². The summed E-state index contributed by atoms with van der Waals surface area (Å²) in [5, 5.41) is 4.26. The molecule has 8 nitrogen and oxygen atoms in total. The monoisotopic (exact) mass is 356 g/mol. The number of carbonyl (C=O) groups excluding carboxylic acids is 1. The number of carbonyl (C=O) groups is 1. The number of rotatable bonds is 2. The van der Waals surface area contributed by atoms with Crippen molar-refractivity contribution in [1.82, 2.24) is 24.6 Å². The zero-order valence-electron chi connectivity index (χ0n) is 15.0. The maximum Gasteiger partial charge on any atom is 0.274 e. The van der Waals surface area contributed by atoms with Gasteiger partial charge in [0.05, 0.1) is 13.2 Å². The first kappa shape index (κ1) is 17.0. The molecule has 8 heteroatoms. The summed E-state index contributed by atoms with van der Waals surface area (Å²) in [7, 11) is 1.82. The van der Waals surface area contributed by atoms with Gasteiger partial charge in [-0.2, -0.15) is 5.10 Å². The van der Waals surface area contributed by atoms with Crippen LogP contribution in [0.1, 0.15) is 23.3 Å². The minimum absolute atomic E-state index is 0.00330. The van der Waals surface area contributed by atoms with Crippen molar-refractivity contribution >= 4 is 11.9 Å². The number of aromatic nitrogens is 4. The highest BCUT2D eigenvalue weighted by atomic mass is 16.5. The average molecular weight is 356 g/mol. The molecule has 0 aliphatic carbocycles. The molecule has 0 radical (unpaired) electrons. The first-order valence-electron chi connectivity index (χ1n) is 9.04. The molecule has 0 saturated carbocycles. The molecular weight excluding hydrogens is 332 g/mol. The van der Waals surface area contributed by atoms with Gasteiger partial charge in [-0.25, -0.2) is 9.97 Å². The topological polar surface area (TPSA) is 76.4 Å². The van der Waals surface area contributed by atoms with Crippen molar-refractivity contribution in [3.63, 3.8) is 0 Å². The molecule has 2 saturated heterocycles. The van der Waals surface area contributed by atoms with Crippen LogP contribution < -0.4 is 4.90 Å². The van der Waals surface area contributed by atoms with Crippen molar-refractivity contribution in [2.24, 2.45) is 12.5 Å². The molecule has 1 spiro atoms. The van der Waals surface area contributed by atoms with Gasteiger partial charge in [0.15, 0.2) is 0 Å². The fraction of sp³-hybridized carbons (Fsp3) is 0.556. The highest BCUT2D eigenvalue weighted by molar-refractivity contribution is 5.92. The van der Waals surface area contributed by atoms with Crippen LogP contribution in [0.25, 0.3) is 0 Å². The van der Waals surface area contributed by atoms with Crippen LogP contribution in [0, 0.1) is 5.41 Å². The van der Waals surface area contributed by atoms with E-state index in [-0.39, 0.29) is 11.3 Å². The number of likely N-dealkylation sites (tertiary alicyclic amines) is 1. The molecule has 4 rings (SSSR count). The van der Waals surface area contributed by atoms with Crippen molar-refractivity contribution in [3.8, 4) is 0 Å². The number of ether oxygens (including phenoxy) is 1. The molecule has 2 aromatic heterocycles. The summed E-state index contributed by atoms with van der Waals surface area (Å²) < 4.78 is 7.59. The number of amides is 1. The van der Waals surface area contributed by atoms with Crippen molar-refractivity contribution < 1.29 is 9.53 Å². The fourth-order valence-electron chi connectivity index (χ4n) is 3.94. The molecule has 2 aliphatic rings. The summed E-state index contributed by atoms with van der Waals surface area (Å²) in [4.78, 5) is 25.7. The summed E-state index contributed by atoms with van der Waals surface area (Å²) in [6.07, 6.45) is 7.32. The Morgan fingerprint density at radius 2 is 2.08 bits per heavy atom. The second-order valence-electron chi connectivity index (χ2n) is 7.23. The van der Waals surface area contributed by atoms with Gasteiger partial charge in [-0.3, -0.25) is 9.48 Å². The molecule has 2 fully saturated rings. The molecule has 26 heavy (non-hydrogen) atoms. The van der Waals surface area contributed by atoms with Gasteiger partial charge in [0, 0.05) is 57.2 Å². The number of piperidine rings is 1. The van der Waals surface area contributed by atoms with Crippen LogP contribution in [0.3, 0.4) is 0 Å². The van der Waals surface area contributed by atoms with E-state index in [2.05, 4.69) is 20.0 Å². The number of anilines is 1. The van der Waals surface area contributed by atoms with E-state index in [1.54, 1.807) is 29.3 Å². The lowest BCUT2D eigenvalue weighted by atomic mass is 9.80. The molecule has 1 amide bonds. The molecule has 2 aliphatic heterocycles. The van der Waals surface area contributed by atoms with Gasteiger partial charge >= 0.3 is 0 Å². The molecule has 0 aromatic carbocycles. The number of nitrogens with zero attached hydrogens (tertiary/aromatic N) is 6. The lowest BCUT2D eigenvalue weighted by molar-refractivity contribution is 0.0132. The Morgan fingerprint density at radius 3 is 2.85 bits per heavy atom. The summed E-state index contributed by atoms with van der Waals surface area (Å²) >= 11 is 0. The van der Waals surface area contributed by atoms with Crippen LogP contribution in [0.15, 0.2) is 30.7 Å². The Labute approximate surface area is 152 Å². The van der Waals surface area contributed by atoms with Crippen molar-refractivity contribution in [1.29, 1.82) is 0 Å². The Hall–Kier alpha value is -2.48. The lowest BCUT2D eigenvalue weighted by Gasteiger charge is -2.43. The van der Waals surface area contributed by atoms with Crippen LogP contribution in [-0.2, 0) is 11.8 Å². The van der Waals surface area contributed by atoms with E-state index in [4.69, 9.17) is 4.74 Å². The van der Waals surface area contributed by atoms with Gasteiger partial charge in [0.25, 0.3) is 5.91 Å². The Morgan fingerprint density at radius 1 is 1.23 bits per heavy atom. The minimum Gasteiger partial charge on any atom is -0.379 e. The van der Waals surface area contributed by atoms with E-state index in [9.17, 15) is 4.79 Å². The average Bonchev–Trinajstić information content (AvgIpc) is 3.00. The maximum absolute atomic E-state index is 12.8. The Balaban J connectivity index is 1.53. The van der Waals surface area contributed by atoms with Gasteiger partial charge in [0.2, 0.25) is 5.95 Å². The summed E-state index contributed by atoms with van der Waals surface area (Å²) in [5.41, 5.74) is 0.403. The Kier molecular flexibility index (Phi) is 4.58. The summed E-state index contributed by atoms with van der Waals surface area (Å²) in [6.45, 7) is 4.30. The van der Waals surface area contributed by atoms with Crippen molar-refractivity contribution in [2.45, 2.75) is 12.8 Å². The van der Waals surface area contributed by atoms with Gasteiger partial charge in [-0.05, 0) is 25.0 Å². The van der Waals surface area contributed by atoms with Crippen molar-refractivity contribution in [2.75, 3.05) is 44.3 Å². The molecule has 1 atom stereocenters. The third-order valence-corrected chi connectivity index (χ3v) is 5.16. The fourth-order valence-corrected chi connectivity index (χ4v) is 3.94. The largest absolute Gasteiger partial charge is 0.379 e. The van der Waals surface area contributed by atoms with Crippen LogP contribution in [0.2, 0.25) is 0 Å². The van der Waals surface area contributed by atoms with E-state index >= 15 is 0 Å². The van der Waals surface area contributed by atoms with Crippen LogP contribution in [0.5, 0.6) is 0 Å². The summed E-state index contributed by atoms with van der Waals surface area (Å²) in [5.74, 6) is 0.724. The highest BCUT2D eigenvalue weighted by Crippen LogP contribution is 2.34. The molecule has 4 heterocycles. The number of aryl methyl sites for hydroxylation is 1. The molecule has 2 aromatic rings. The third-order valence-electron chi connectivity index (χ3n) is 5.16. The Bertz CT molecular complexity index is 764. The van der Waals surface area contributed by atoms with E-state index in [0.717, 1.165) is 38.4 Å². The number of hydrogen-bond acceptors (Lipinski definition) is 6. The molecule has 0 bridgehead atoms. The zero-order chi connectivity index (χ0) is 18.0. The van der Waals surface area contributed by atoms with Gasteiger partial charge in [-0.15, -0.1) is 0 Å². The van der Waals surface area contributed by atoms with E-state index in [0.29, 0.717) is 25.5 Å². The predicted molar refractivity (Wildman–Crippen MR) is 95.8 cm³/mol. The molecule has 1 unspecified atom stereocenters. The standard InChI is InChI=1S/C18H24N6O2/c1-22-9-4-15(21-22)16(25)23-8-2-5-18(12-23)13-24(10-11-26-14-18)17-19-6-3-7-20-17/h3-4,6-7,9H,2,5,8,10-14H2,1H3. The van der Waals surface area contributed by atoms with E-state index in [1.807, 2.05) is 18.0 Å². The second-order valence-corrected chi connectivity index (χ2v) is 7.23. The highest BCUT2D eigenvalue weighted by Gasteiger charge is 2.41. The van der Waals surface area contributed by atoms with Crippen molar-refractivity contribution in [3.05, 3.63) is 36.4 Å². The lowest BCUT2D eigenvalue weighted by Crippen LogP contribution is -2.52. The first-order chi connectivity index (χ1) is 12.7. The quantitative estimate of drug-likeness (QED) is 0.798. The molecule has 138 valence electrons. The second kappa shape index (κ2) is 7.03.